The molecule has 114 valence electrons. The molecule has 20 heavy (non-hydrogen) atoms. The van der Waals surface area contributed by atoms with Crippen molar-refractivity contribution in [2.75, 3.05) is 19.8 Å². The fraction of sp³-hybridized carbons (Fsp3) is 0.938. The van der Waals surface area contributed by atoms with Crippen LogP contribution in [-0.2, 0) is 9.53 Å². The van der Waals surface area contributed by atoms with Crippen LogP contribution in [0.5, 0.6) is 0 Å². The Balaban J connectivity index is 1.53. The van der Waals surface area contributed by atoms with Crippen molar-refractivity contribution in [1.29, 1.82) is 0 Å². The lowest BCUT2D eigenvalue weighted by Gasteiger charge is -2.43. The molecule has 2 bridgehead atoms. The average molecular weight is 280 g/mol. The summed E-state index contributed by atoms with van der Waals surface area (Å²) in [4.78, 5) is 12.4. The van der Waals surface area contributed by atoms with E-state index < -0.39 is 0 Å². The van der Waals surface area contributed by atoms with Gasteiger partial charge in [-0.1, -0.05) is 13.3 Å². The molecular formula is C16H28N2O2. The first kappa shape index (κ1) is 14.3. The van der Waals surface area contributed by atoms with Gasteiger partial charge in [0.05, 0.1) is 6.61 Å². The SMILES string of the molecule is CC1(CNC(=O)C2CC3CCCC(C2)C3N)CCOC1. The van der Waals surface area contributed by atoms with E-state index in [1.165, 1.54) is 19.3 Å². The van der Waals surface area contributed by atoms with Gasteiger partial charge in [0.2, 0.25) is 5.91 Å². The van der Waals surface area contributed by atoms with Gasteiger partial charge in [-0.25, -0.2) is 0 Å². The fourth-order valence-corrected chi connectivity index (χ4v) is 4.30. The Morgan fingerprint density at radius 1 is 1.35 bits per heavy atom. The van der Waals surface area contributed by atoms with Crippen LogP contribution >= 0.6 is 0 Å². The Bertz CT molecular complexity index is 351. The Kier molecular flexibility index (Phi) is 4.04. The maximum absolute atomic E-state index is 12.4. The van der Waals surface area contributed by atoms with Crippen LogP contribution in [0.25, 0.3) is 0 Å². The molecule has 0 spiro atoms. The molecule has 4 nitrogen and oxygen atoms in total. The molecule has 3 atom stereocenters. The largest absolute Gasteiger partial charge is 0.381 e. The molecule has 2 aliphatic carbocycles. The number of fused-ring (bicyclic) bond motifs is 2. The van der Waals surface area contributed by atoms with Gasteiger partial charge in [-0.15, -0.1) is 0 Å². The summed E-state index contributed by atoms with van der Waals surface area (Å²) < 4.78 is 5.44. The zero-order valence-electron chi connectivity index (χ0n) is 12.6. The van der Waals surface area contributed by atoms with Gasteiger partial charge in [0.15, 0.2) is 0 Å². The van der Waals surface area contributed by atoms with Crippen molar-refractivity contribution in [3.05, 3.63) is 0 Å². The molecular weight excluding hydrogens is 252 g/mol. The summed E-state index contributed by atoms with van der Waals surface area (Å²) in [6.45, 7) is 4.55. The lowest BCUT2D eigenvalue weighted by atomic mass is 9.65. The number of rotatable bonds is 3. The van der Waals surface area contributed by atoms with E-state index in [9.17, 15) is 4.79 Å². The zero-order valence-corrected chi connectivity index (χ0v) is 12.6. The Morgan fingerprint density at radius 2 is 2.05 bits per heavy atom. The van der Waals surface area contributed by atoms with E-state index in [0.29, 0.717) is 17.9 Å². The van der Waals surface area contributed by atoms with Crippen LogP contribution < -0.4 is 11.1 Å². The lowest BCUT2D eigenvalue weighted by Crippen LogP contribution is -2.50. The summed E-state index contributed by atoms with van der Waals surface area (Å²) in [6.07, 6.45) is 6.77. The number of carbonyl (C=O) groups excluding carboxylic acids is 1. The van der Waals surface area contributed by atoms with Crippen molar-refractivity contribution < 1.29 is 9.53 Å². The van der Waals surface area contributed by atoms with Gasteiger partial charge in [0.1, 0.15) is 0 Å². The number of hydrogen-bond acceptors (Lipinski definition) is 3. The Morgan fingerprint density at radius 3 is 2.65 bits per heavy atom. The van der Waals surface area contributed by atoms with Crippen molar-refractivity contribution in [1.82, 2.24) is 5.32 Å². The smallest absolute Gasteiger partial charge is 0.223 e. The fourth-order valence-electron chi connectivity index (χ4n) is 4.30. The van der Waals surface area contributed by atoms with Crippen LogP contribution in [0.15, 0.2) is 0 Å². The van der Waals surface area contributed by atoms with Crippen LogP contribution in [0.3, 0.4) is 0 Å². The maximum Gasteiger partial charge on any atom is 0.223 e. The minimum atomic E-state index is 0.136. The average Bonchev–Trinajstić information content (AvgIpc) is 2.83. The van der Waals surface area contributed by atoms with E-state index in [-0.39, 0.29) is 17.2 Å². The molecule has 0 aromatic rings. The molecule has 1 amide bonds. The predicted octanol–water partition coefficient (Wildman–Crippen LogP) is 1.68. The van der Waals surface area contributed by atoms with Crippen molar-refractivity contribution in [2.24, 2.45) is 28.9 Å². The summed E-state index contributed by atoms with van der Waals surface area (Å²) in [5.41, 5.74) is 6.43. The minimum Gasteiger partial charge on any atom is -0.381 e. The number of nitrogens with one attached hydrogen (secondary N) is 1. The predicted molar refractivity (Wildman–Crippen MR) is 78.1 cm³/mol. The van der Waals surface area contributed by atoms with Crippen molar-refractivity contribution >= 4 is 5.91 Å². The van der Waals surface area contributed by atoms with Gasteiger partial charge < -0.3 is 15.8 Å². The first-order valence-corrected chi connectivity index (χ1v) is 8.18. The highest BCUT2D eigenvalue weighted by atomic mass is 16.5. The zero-order chi connectivity index (χ0) is 14.2. The molecule has 1 aliphatic heterocycles. The molecule has 3 N–H and O–H groups in total. The molecule has 3 rings (SSSR count). The molecule has 3 fully saturated rings. The van der Waals surface area contributed by atoms with Gasteiger partial charge in [-0.2, -0.15) is 0 Å². The number of nitrogens with two attached hydrogens (primary N) is 1. The van der Waals surface area contributed by atoms with E-state index >= 15 is 0 Å². The summed E-state index contributed by atoms with van der Waals surface area (Å²) in [6, 6.07) is 0.341. The number of carbonyl (C=O) groups is 1. The second-order valence-electron chi connectivity index (χ2n) is 7.53. The van der Waals surface area contributed by atoms with E-state index in [1.807, 2.05) is 0 Å². The highest BCUT2D eigenvalue weighted by molar-refractivity contribution is 5.78. The summed E-state index contributed by atoms with van der Waals surface area (Å²) in [5, 5.41) is 3.18. The molecule has 1 heterocycles. The van der Waals surface area contributed by atoms with Crippen molar-refractivity contribution in [3.63, 3.8) is 0 Å². The van der Waals surface area contributed by atoms with Crippen LogP contribution in [0, 0.1) is 23.2 Å². The van der Waals surface area contributed by atoms with Crippen LogP contribution in [0.1, 0.15) is 45.4 Å². The number of ether oxygens (including phenoxy) is 1. The summed E-state index contributed by atoms with van der Waals surface area (Å²) in [5.74, 6) is 1.59. The topological polar surface area (TPSA) is 64.4 Å². The standard InChI is InChI=1S/C16H28N2O2/c1-16(5-6-20-10-16)9-18-15(19)13-7-11-3-2-4-12(8-13)14(11)17/h11-14H,2-10,17H2,1H3,(H,18,19). The summed E-state index contributed by atoms with van der Waals surface area (Å²) in [7, 11) is 0. The molecule has 0 aromatic heterocycles. The van der Waals surface area contributed by atoms with Crippen LogP contribution in [0.2, 0.25) is 0 Å². The molecule has 3 unspecified atom stereocenters. The number of amides is 1. The van der Waals surface area contributed by atoms with Gasteiger partial charge in [0.25, 0.3) is 0 Å². The molecule has 3 aliphatic rings. The normalized spacial score (nSPS) is 44.3. The third kappa shape index (κ3) is 2.86. The first-order chi connectivity index (χ1) is 9.57. The second-order valence-corrected chi connectivity index (χ2v) is 7.53. The highest BCUT2D eigenvalue weighted by Gasteiger charge is 2.41. The van der Waals surface area contributed by atoms with E-state index in [1.54, 1.807) is 0 Å². The molecule has 0 aromatic carbocycles. The monoisotopic (exact) mass is 280 g/mol. The Labute approximate surface area is 121 Å². The summed E-state index contributed by atoms with van der Waals surface area (Å²) >= 11 is 0. The van der Waals surface area contributed by atoms with Crippen molar-refractivity contribution in [3.8, 4) is 0 Å². The third-order valence-corrected chi connectivity index (χ3v) is 5.77. The van der Waals surface area contributed by atoms with Gasteiger partial charge in [0, 0.05) is 30.5 Å². The molecule has 0 radical (unpaired) electrons. The quantitative estimate of drug-likeness (QED) is 0.827. The van der Waals surface area contributed by atoms with E-state index in [2.05, 4.69) is 12.2 Å². The minimum absolute atomic E-state index is 0.136. The van der Waals surface area contributed by atoms with Gasteiger partial charge in [-0.3, -0.25) is 4.79 Å². The van der Waals surface area contributed by atoms with Crippen LogP contribution in [-0.4, -0.2) is 31.7 Å². The van der Waals surface area contributed by atoms with Crippen molar-refractivity contribution in [2.45, 2.75) is 51.5 Å². The maximum atomic E-state index is 12.4. The lowest BCUT2D eigenvalue weighted by molar-refractivity contribution is -0.128. The molecule has 2 saturated carbocycles. The van der Waals surface area contributed by atoms with Gasteiger partial charge in [-0.05, 0) is 43.9 Å². The van der Waals surface area contributed by atoms with Gasteiger partial charge >= 0.3 is 0 Å². The Hall–Kier alpha value is -0.610. The number of hydrogen-bond donors (Lipinski definition) is 2. The highest BCUT2D eigenvalue weighted by Crippen LogP contribution is 2.42. The molecule has 4 heteroatoms. The molecule has 1 saturated heterocycles. The third-order valence-electron chi connectivity index (χ3n) is 5.77. The first-order valence-electron chi connectivity index (χ1n) is 8.18. The van der Waals surface area contributed by atoms with E-state index in [0.717, 1.165) is 39.0 Å². The second kappa shape index (κ2) is 5.64. The van der Waals surface area contributed by atoms with E-state index in [4.69, 9.17) is 10.5 Å². The van der Waals surface area contributed by atoms with Crippen LogP contribution in [0.4, 0.5) is 0 Å².